The average Bonchev–Trinajstić information content (AvgIpc) is 2.39. The van der Waals surface area contributed by atoms with Gasteiger partial charge in [-0.1, -0.05) is 19.1 Å². The molecule has 0 saturated heterocycles. The highest BCUT2D eigenvalue weighted by Gasteiger charge is 2.17. The summed E-state index contributed by atoms with van der Waals surface area (Å²) in [6.45, 7) is 4.83. The quantitative estimate of drug-likeness (QED) is 0.640. The van der Waals surface area contributed by atoms with Gasteiger partial charge in [0, 0.05) is 17.7 Å². The molecule has 0 unspecified atom stereocenters. The molecular formula is C15H19NO4. The fourth-order valence-corrected chi connectivity index (χ4v) is 1.57. The van der Waals surface area contributed by atoms with E-state index in [9.17, 15) is 14.4 Å². The molecule has 0 bridgehead atoms. The third kappa shape index (κ3) is 4.84. The van der Waals surface area contributed by atoms with E-state index in [1.165, 1.54) is 13.8 Å². The van der Waals surface area contributed by atoms with Crippen LogP contribution in [-0.2, 0) is 14.3 Å². The molecule has 0 aliphatic rings. The second-order valence-corrected chi connectivity index (χ2v) is 4.51. The van der Waals surface area contributed by atoms with Gasteiger partial charge in [-0.05, 0) is 32.4 Å². The molecule has 0 heterocycles. The van der Waals surface area contributed by atoms with Gasteiger partial charge in [0.15, 0.2) is 11.9 Å². The van der Waals surface area contributed by atoms with Gasteiger partial charge >= 0.3 is 5.97 Å². The molecule has 108 valence electrons. The van der Waals surface area contributed by atoms with Gasteiger partial charge in [-0.3, -0.25) is 14.4 Å². The summed E-state index contributed by atoms with van der Waals surface area (Å²) >= 11 is 0. The molecule has 1 amide bonds. The lowest BCUT2D eigenvalue weighted by Crippen LogP contribution is -2.29. The highest BCUT2D eigenvalue weighted by atomic mass is 16.5. The van der Waals surface area contributed by atoms with Crippen molar-refractivity contribution in [3.05, 3.63) is 29.8 Å². The molecule has 1 atom stereocenters. The van der Waals surface area contributed by atoms with Gasteiger partial charge in [0.1, 0.15) is 0 Å². The third-order valence-electron chi connectivity index (χ3n) is 2.67. The number of hydrogen-bond donors (Lipinski definition) is 1. The summed E-state index contributed by atoms with van der Waals surface area (Å²) in [6, 6.07) is 6.61. The number of rotatable bonds is 6. The fraction of sp³-hybridized carbons (Fsp3) is 0.400. The lowest BCUT2D eigenvalue weighted by atomic mass is 10.1. The maximum absolute atomic E-state index is 11.9. The summed E-state index contributed by atoms with van der Waals surface area (Å²) in [6.07, 6.45) is 0.0979. The molecule has 1 aromatic rings. The molecule has 1 N–H and O–H groups in total. The Bertz CT molecular complexity index is 510. The number of esters is 1. The van der Waals surface area contributed by atoms with Crippen LogP contribution >= 0.6 is 0 Å². The van der Waals surface area contributed by atoms with Crippen molar-refractivity contribution < 1.29 is 19.1 Å². The van der Waals surface area contributed by atoms with Gasteiger partial charge in [-0.25, -0.2) is 0 Å². The van der Waals surface area contributed by atoms with Gasteiger partial charge < -0.3 is 10.1 Å². The number of benzene rings is 1. The van der Waals surface area contributed by atoms with Crippen LogP contribution in [0.15, 0.2) is 24.3 Å². The second kappa shape index (κ2) is 7.43. The minimum absolute atomic E-state index is 0.0801. The normalized spacial score (nSPS) is 11.6. The Morgan fingerprint density at radius 3 is 2.60 bits per heavy atom. The molecule has 0 radical (unpaired) electrons. The van der Waals surface area contributed by atoms with E-state index in [4.69, 9.17) is 4.74 Å². The van der Waals surface area contributed by atoms with Gasteiger partial charge in [-0.15, -0.1) is 0 Å². The van der Waals surface area contributed by atoms with E-state index < -0.39 is 18.0 Å². The third-order valence-corrected chi connectivity index (χ3v) is 2.67. The van der Waals surface area contributed by atoms with Crippen LogP contribution in [-0.4, -0.2) is 23.8 Å². The Kier molecular flexibility index (Phi) is 5.90. The molecule has 1 rings (SSSR count). The zero-order chi connectivity index (χ0) is 15.1. The van der Waals surface area contributed by atoms with Crippen molar-refractivity contribution in [2.75, 3.05) is 5.32 Å². The minimum atomic E-state index is -0.866. The van der Waals surface area contributed by atoms with Crippen molar-refractivity contribution >= 4 is 23.3 Å². The Morgan fingerprint density at radius 1 is 1.30 bits per heavy atom. The zero-order valence-corrected chi connectivity index (χ0v) is 11.9. The fourth-order valence-electron chi connectivity index (χ4n) is 1.57. The lowest BCUT2D eigenvalue weighted by molar-refractivity contribution is -0.153. The maximum Gasteiger partial charge on any atom is 0.306 e. The van der Waals surface area contributed by atoms with Crippen LogP contribution in [0.3, 0.4) is 0 Å². The van der Waals surface area contributed by atoms with Crippen LogP contribution in [0.1, 0.15) is 44.0 Å². The zero-order valence-electron chi connectivity index (χ0n) is 11.9. The first-order chi connectivity index (χ1) is 9.43. The van der Waals surface area contributed by atoms with Gasteiger partial charge in [-0.2, -0.15) is 0 Å². The average molecular weight is 277 g/mol. The molecule has 0 aliphatic carbocycles. The minimum Gasteiger partial charge on any atom is -0.453 e. The van der Waals surface area contributed by atoms with Crippen molar-refractivity contribution in [3.63, 3.8) is 0 Å². The summed E-state index contributed by atoms with van der Waals surface area (Å²) in [5.41, 5.74) is 1.01. The Hall–Kier alpha value is -2.17. The van der Waals surface area contributed by atoms with Crippen molar-refractivity contribution in [1.29, 1.82) is 0 Å². The molecule has 20 heavy (non-hydrogen) atoms. The first-order valence-corrected chi connectivity index (χ1v) is 6.55. The predicted octanol–water partition coefficient (Wildman–Crippen LogP) is 2.56. The topological polar surface area (TPSA) is 72.5 Å². The van der Waals surface area contributed by atoms with E-state index in [1.54, 1.807) is 24.3 Å². The number of Topliss-reactive ketones (excluding diaryl/α,β-unsaturated/α-hetero) is 1. The maximum atomic E-state index is 11.9. The molecule has 0 fully saturated rings. The van der Waals surface area contributed by atoms with Gasteiger partial charge in [0.2, 0.25) is 0 Å². The van der Waals surface area contributed by atoms with Crippen molar-refractivity contribution in [2.24, 2.45) is 0 Å². The molecule has 5 nitrogen and oxygen atoms in total. The summed E-state index contributed by atoms with van der Waals surface area (Å²) in [7, 11) is 0. The molecule has 0 saturated carbocycles. The number of carbonyl (C=O) groups is 3. The monoisotopic (exact) mass is 277 g/mol. The summed E-state index contributed by atoms with van der Waals surface area (Å²) in [5.74, 6) is -0.897. The summed E-state index contributed by atoms with van der Waals surface area (Å²) in [5, 5.41) is 2.62. The first-order valence-electron chi connectivity index (χ1n) is 6.55. The van der Waals surface area contributed by atoms with E-state index in [0.717, 1.165) is 0 Å². The highest BCUT2D eigenvalue weighted by Crippen LogP contribution is 2.12. The lowest BCUT2D eigenvalue weighted by Gasteiger charge is -2.13. The van der Waals surface area contributed by atoms with E-state index in [0.29, 0.717) is 17.7 Å². The second-order valence-electron chi connectivity index (χ2n) is 4.51. The number of ether oxygens (including phenoxy) is 1. The van der Waals surface area contributed by atoms with E-state index in [-0.39, 0.29) is 12.2 Å². The van der Waals surface area contributed by atoms with Gasteiger partial charge in [0.05, 0.1) is 0 Å². The summed E-state index contributed by atoms with van der Waals surface area (Å²) in [4.78, 5) is 34.4. The summed E-state index contributed by atoms with van der Waals surface area (Å²) < 4.78 is 4.98. The molecule has 1 aromatic carbocycles. The number of ketones is 1. The van der Waals surface area contributed by atoms with E-state index >= 15 is 0 Å². The molecule has 0 aliphatic heterocycles. The Labute approximate surface area is 118 Å². The van der Waals surface area contributed by atoms with Crippen LogP contribution in [0.2, 0.25) is 0 Å². The highest BCUT2D eigenvalue weighted by molar-refractivity contribution is 5.98. The van der Waals surface area contributed by atoms with Crippen molar-refractivity contribution in [3.8, 4) is 0 Å². The standard InChI is InChI=1S/C15H19NO4/c1-4-6-14(18)20-11(3)15(19)16-13-8-5-7-12(9-13)10(2)17/h5,7-9,11H,4,6H2,1-3H3,(H,16,19)/t11-/m0/s1. The molecular weight excluding hydrogens is 258 g/mol. The molecule has 0 aromatic heterocycles. The number of anilines is 1. The number of amides is 1. The van der Waals surface area contributed by atoms with E-state index in [2.05, 4.69) is 5.32 Å². The first kappa shape index (κ1) is 15.9. The van der Waals surface area contributed by atoms with Crippen LogP contribution in [0.5, 0.6) is 0 Å². The predicted molar refractivity (Wildman–Crippen MR) is 75.5 cm³/mol. The van der Waals surface area contributed by atoms with Crippen LogP contribution in [0, 0.1) is 0 Å². The molecule has 5 heteroatoms. The Balaban J connectivity index is 2.63. The smallest absolute Gasteiger partial charge is 0.306 e. The van der Waals surface area contributed by atoms with Crippen LogP contribution in [0.25, 0.3) is 0 Å². The Morgan fingerprint density at radius 2 is 2.00 bits per heavy atom. The van der Waals surface area contributed by atoms with Gasteiger partial charge in [0.25, 0.3) is 5.91 Å². The van der Waals surface area contributed by atoms with Crippen molar-refractivity contribution in [1.82, 2.24) is 0 Å². The molecule has 0 spiro atoms. The number of hydrogen-bond acceptors (Lipinski definition) is 4. The number of carbonyl (C=O) groups excluding carboxylic acids is 3. The van der Waals surface area contributed by atoms with Crippen LogP contribution < -0.4 is 5.32 Å². The SMILES string of the molecule is CCCC(=O)O[C@@H](C)C(=O)Nc1cccc(C(C)=O)c1. The van der Waals surface area contributed by atoms with Crippen molar-refractivity contribution in [2.45, 2.75) is 39.7 Å². The van der Waals surface area contributed by atoms with Crippen LogP contribution in [0.4, 0.5) is 5.69 Å². The number of nitrogens with one attached hydrogen (secondary N) is 1. The largest absolute Gasteiger partial charge is 0.453 e. The van der Waals surface area contributed by atoms with E-state index in [1.807, 2.05) is 6.92 Å².